The van der Waals surface area contributed by atoms with E-state index in [9.17, 15) is 9.59 Å². The lowest BCUT2D eigenvalue weighted by molar-refractivity contribution is -0.115. The Balaban J connectivity index is 1.53. The van der Waals surface area contributed by atoms with E-state index in [1.165, 1.54) is 0 Å². The lowest BCUT2D eigenvalue weighted by Crippen LogP contribution is -2.21. The van der Waals surface area contributed by atoms with Crippen LogP contribution in [-0.2, 0) is 17.8 Å². The van der Waals surface area contributed by atoms with Crippen molar-refractivity contribution in [3.05, 3.63) is 101 Å². The number of ether oxygens (including phenoxy) is 1. The van der Waals surface area contributed by atoms with Gasteiger partial charge in [0.2, 0.25) is 5.91 Å². The minimum absolute atomic E-state index is 0.107. The van der Waals surface area contributed by atoms with Crippen LogP contribution in [0.2, 0.25) is 0 Å². The Kier molecular flexibility index (Phi) is 6.08. The topological polar surface area (TPSA) is 73.2 Å². The Morgan fingerprint density at radius 3 is 2.58 bits per heavy atom. The molecular formula is C25H23N3O3. The third-order valence-corrected chi connectivity index (χ3v) is 4.97. The number of carbonyl (C=O) groups excluding carboxylic acids is 1. The molecule has 156 valence electrons. The molecule has 2 heterocycles. The summed E-state index contributed by atoms with van der Waals surface area (Å²) in [6.45, 7) is 2.97. The number of hydrogen-bond donors (Lipinski definition) is 1. The summed E-state index contributed by atoms with van der Waals surface area (Å²) < 4.78 is 7.08. The number of hydrogen-bond acceptors (Lipinski definition) is 4. The van der Waals surface area contributed by atoms with Gasteiger partial charge >= 0.3 is 0 Å². The monoisotopic (exact) mass is 413 g/mol. The predicted molar refractivity (Wildman–Crippen MR) is 121 cm³/mol. The Hall–Kier alpha value is -3.93. The number of nitrogens with one attached hydrogen (secondary N) is 1. The lowest BCUT2D eigenvalue weighted by atomic mass is 10.1. The van der Waals surface area contributed by atoms with Crippen LogP contribution in [0.25, 0.3) is 10.8 Å². The molecule has 0 saturated carbocycles. The smallest absolute Gasteiger partial charge is 0.258 e. The largest absolute Gasteiger partial charge is 0.494 e. The van der Waals surface area contributed by atoms with E-state index in [2.05, 4.69) is 10.3 Å². The van der Waals surface area contributed by atoms with Gasteiger partial charge in [-0.25, -0.2) is 0 Å². The number of amides is 1. The van der Waals surface area contributed by atoms with Crippen LogP contribution < -0.4 is 15.6 Å². The van der Waals surface area contributed by atoms with Gasteiger partial charge in [-0.1, -0.05) is 24.3 Å². The van der Waals surface area contributed by atoms with Gasteiger partial charge in [0, 0.05) is 35.1 Å². The number of fused-ring (bicyclic) bond motifs is 1. The van der Waals surface area contributed by atoms with Gasteiger partial charge in [0.05, 0.1) is 19.6 Å². The summed E-state index contributed by atoms with van der Waals surface area (Å²) in [6, 6.07) is 18.5. The number of nitrogens with zero attached hydrogens (tertiary/aromatic N) is 2. The second kappa shape index (κ2) is 9.26. The number of benzene rings is 2. The van der Waals surface area contributed by atoms with Crippen LogP contribution in [0.5, 0.6) is 5.75 Å². The van der Waals surface area contributed by atoms with E-state index in [0.29, 0.717) is 24.2 Å². The van der Waals surface area contributed by atoms with Gasteiger partial charge < -0.3 is 14.6 Å². The van der Waals surface area contributed by atoms with Crippen molar-refractivity contribution in [2.24, 2.45) is 0 Å². The first-order chi connectivity index (χ1) is 15.1. The molecule has 0 atom stereocenters. The maximum absolute atomic E-state index is 13.0. The maximum atomic E-state index is 13.0. The summed E-state index contributed by atoms with van der Waals surface area (Å²) in [6.07, 6.45) is 5.43. The molecule has 4 rings (SSSR count). The van der Waals surface area contributed by atoms with Gasteiger partial charge in [0.1, 0.15) is 5.75 Å². The Morgan fingerprint density at radius 1 is 1.00 bits per heavy atom. The van der Waals surface area contributed by atoms with Gasteiger partial charge in [-0.15, -0.1) is 0 Å². The highest BCUT2D eigenvalue weighted by Gasteiger charge is 2.10. The molecule has 0 fully saturated rings. The molecule has 0 saturated heterocycles. The second-order valence-corrected chi connectivity index (χ2v) is 7.18. The molecular weight excluding hydrogens is 390 g/mol. The minimum Gasteiger partial charge on any atom is -0.494 e. The molecule has 6 nitrogen and oxygen atoms in total. The summed E-state index contributed by atoms with van der Waals surface area (Å²) in [5.74, 6) is 0.638. The van der Waals surface area contributed by atoms with Crippen molar-refractivity contribution in [1.29, 1.82) is 0 Å². The highest BCUT2D eigenvalue weighted by molar-refractivity contribution is 6.02. The summed E-state index contributed by atoms with van der Waals surface area (Å²) >= 11 is 0. The number of aromatic nitrogens is 2. The van der Waals surface area contributed by atoms with Crippen LogP contribution in [0.3, 0.4) is 0 Å². The van der Waals surface area contributed by atoms with Crippen LogP contribution in [0.15, 0.2) is 84.0 Å². The molecule has 2 aromatic heterocycles. The molecule has 0 unspecified atom stereocenters. The van der Waals surface area contributed by atoms with Gasteiger partial charge in [-0.3, -0.25) is 14.6 Å². The molecule has 6 heteroatoms. The van der Waals surface area contributed by atoms with Gasteiger partial charge in [-0.05, 0) is 54.4 Å². The molecule has 0 aliphatic carbocycles. The molecule has 1 amide bonds. The van der Waals surface area contributed by atoms with Crippen molar-refractivity contribution < 1.29 is 9.53 Å². The Bertz CT molecular complexity index is 1250. The maximum Gasteiger partial charge on any atom is 0.258 e. The van der Waals surface area contributed by atoms with Crippen molar-refractivity contribution in [2.45, 2.75) is 19.9 Å². The lowest BCUT2D eigenvalue weighted by Gasteiger charge is -2.11. The molecule has 0 bridgehead atoms. The number of carbonyl (C=O) groups is 1. The number of rotatable bonds is 7. The van der Waals surface area contributed by atoms with E-state index in [1.807, 2.05) is 55.5 Å². The molecule has 2 aromatic carbocycles. The van der Waals surface area contributed by atoms with Crippen LogP contribution in [0.4, 0.5) is 5.69 Å². The van der Waals surface area contributed by atoms with Crippen molar-refractivity contribution in [3.8, 4) is 5.75 Å². The minimum atomic E-state index is -0.142. The first-order valence-electron chi connectivity index (χ1n) is 10.2. The quantitative estimate of drug-likeness (QED) is 0.497. The van der Waals surface area contributed by atoms with Crippen LogP contribution in [0, 0.1) is 0 Å². The first-order valence-corrected chi connectivity index (χ1v) is 10.2. The molecule has 31 heavy (non-hydrogen) atoms. The summed E-state index contributed by atoms with van der Waals surface area (Å²) in [5, 5.41) is 4.22. The molecule has 4 aromatic rings. The van der Waals surface area contributed by atoms with E-state index < -0.39 is 0 Å². The zero-order valence-corrected chi connectivity index (χ0v) is 17.2. The van der Waals surface area contributed by atoms with Crippen molar-refractivity contribution in [1.82, 2.24) is 9.55 Å². The summed E-state index contributed by atoms with van der Waals surface area (Å²) in [5.41, 5.74) is 2.35. The van der Waals surface area contributed by atoms with Crippen molar-refractivity contribution in [3.63, 3.8) is 0 Å². The summed E-state index contributed by atoms with van der Waals surface area (Å²) in [4.78, 5) is 29.7. The van der Waals surface area contributed by atoms with Crippen molar-refractivity contribution >= 4 is 22.4 Å². The number of pyridine rings is 2. The van der Waals surface area contributed by atoms with E-state index >= 15 is 0 Å². The van der Waals surface area contributed by atoms with Crippen LogP contribution in [0.1, 0.15) is 18.1 Å². The van der Waals surface area contributed by atoms with Gasteiger partial charge in [0.25, 0.3) is 5.56 Å². The predicted octanol–water partition coefficient (Wildman–Crippen LogP) is 4.02. The Morgan fingerprint density at radius 2 is 1.84 bits per heavy atom. The second-order valence-electron chi connectivity index (χ2n) is 7.18. The third kappa shape index (κ3) is 4.80. The zero-order chi connectivity index (χ0) is 21.6. The SMILES string of the molecule is CCOc1ccc(CC(=O)Nc2cccc3c(=O)n(Cc4cccnc4)ccc23)cc1. The fourth-order valence-corrected chi connectivity index (χ4v) is 3.49. The summed E-state index contributed by atoms with van der Waals surface area (Å²) in [7, 11) is 0. The van der Waals surface area contributed by atoms with Crippen LogP contribution in [-0.4, -0.2) is 22.1 Å². The Labute approximate surface area is 180 Å². The fraction of sp³-hybridized carbons (Fsp3) is 0.160. The highest BCUT2D eigenvalue weighted by Crippen LogP contribution is 2.21. The highest BCUT2D eigenvalue weighted by atomic mass is 16.5. The fourth-order valence-electron chi connectivity index (χ4n) is 3.49. The first kappa shape index (κ1) is 20.3. The van der Waals surface area contributed by atoms with E-state index in [4.69, 9.17) is 4.74 Å². The van der Waals surface area contributed by atoms with Crippen LogP contribution >= 0.6 is 0 Å². The standard InChI is InChI=1S/C25H23N3O3/c1-2-31-20-10-8-18(9-11-20)15-24(29)27-23-7-3-6-22-21(23)12-14-28(25(22)30)17-19-5-4-13-26-16-19/h3-14,16H,2,15,17H2,1H3,(H,27,29). The van der Waals surface area contributed by atoms with Crippen molar-refractivity contribution in [2.75, 3.05) is 11.9 Å². The van der Waals surface area contributed by atoms with E-state index in [0.717, 1.165) is 22.3 Å². The van der Waals surface area contributed by atoms with E-state index in [1.54, 1.807) is 35.3 Å². The average Bonchev–Trinajstić information content (AvgIpc) is 2.78. The molecule has 1 N–H and O–H groups in total. The molecule has 0 aliphatic rings. The molecule has 0 radical (unpaired) electrons. The third-order valence-electron chi connectivity index (χ3n) is 4.97. The van der Waals surface area contributed by atoms with E-state index in [-0.39, 0.29) is 17.9 Å². The zero-order valence-electron chi connectivity index (χ0n) is 17.2. The van der Waals surface area contributed by atoms with Gasteiger partial charge in [-0.2, -0.15) is 0 Å². The number of anilines is 1. The normalized spacial score (nSPS) is 10.7. The molecule has 0 spiro atoms. The molecule has 0 aliphatic heterocycles. The average molecular weight is 413 g/mol. The van der Waals surface area contributed by atoms with Gasteiger partial charge in [0.15, 0.2) is 0 Å².